The monoisotopic (exact) mass is 394 g/mol. The van der Waals surface area contributed by atoms with Crippen molar-refractivity contribution in [2.75, 3.05) is 0 Å². The summed E-state index contributed by atoms with van der Waals surface area (Å²) in [4.78, 5) is 31.4. The highest BCUT2D eigenvalue weighted by molar-refractivity contribution is 5.82. The van der Waals surface area contributed by atoms with Crippen LogP contribution in [0.5, 0.6) is 0 Å². The lowest BCUT2D eigenvalue weighted by molar-refractivity contribution is -0.130. The fourth-order valence-electron chi connectivity index (χ4n) is 4.46. The van der Waals surface area contributed by atoms with Crippen LogP contribution in [0, 0.1) is 6.92 Å². The molecule has 29 heavy (non-hydrogen) atoms. The summed E-state index contributed by atoms with van der Waals surface area (Å²) in [7, 11) is 0. The molecule has 2 amide bonds. The van der Waals surface area contributed by atoms with Crippen LogP contribution in [-0.4, -0.2) is 26.9 Å². The van der Waals surface area contributed by atoms with E-state index in [0.29, 0.717) is 11.7 Å². The van der Waals surface area contributed by atoms with Crippen LogP contribution in [0.15, 0.2) is 35.0 Å². The maximum absolute atomic E-state index is 13.2. The Balaban J connectivity index is 1.58. The van der Waals surface area contributed by atoms with Crippen molar-refractivity contribution in [3.05, 3.63) is 53.3 Å². The number of hydrogen-bond donors (Lipinski definition) is 1. The quantitative estimate of drug-likeness (QED) is 0.856. The van der Waals surface area contributed by atoms with Crippen LogP contribution in [-0.2, 0) is 15.1 Å². The summed E-state index contributed by atoms with van der Waals surface area (Å²) < 4.78 is 5.19. The molecule has 152 valence electrons. The van der Waals surface area contributed by atoms with Crippen LogP contribution >= 0.6 is 0 Å². The summed E-state index contributed by atoms with van der Waals surface area (Å²) in [5.74, 6) is 0.842. The molecule has 1 aromatic heterocycles. The first kappa shape index (κ1) is 19.4. The molecule has 2 aliphatic rings. The average Bonchev–Trinajstić information content (AvgIpc) is 3.16. The van der Waals surface area contributed by atoms with E-state index in [1.165, 1.54) is 6.92 Å². The lowest BCUT2D eigenvalue weighted by Gasteiger charge is -2.37. The smallest absolute Gasteiger partial charge is 0.223 e. The SMILES string of the molecule is CC(=O)N1C=Cc2ccccc2[C@H]1CC(=O)NC1(c2noc(C)n2)CCCCC1. The van der Waals surface area contributed by atoms with Gasteiger partial charge in [0.2, 0.25) is 17.7 Å². The number of carbonyl (C=O) groups excluding carboxylic acids is 2. The predicted octanol–water partition coefficient (Wildman–Crippen LogP) is 3.62. The van der Waals surface area contributed by atoms with Crippen LogP contribution in [0.25, 0.3) is 6.08 Å². The van der Waals surface area contributed by atoms with Gasteiger partial charge in [-0.15, -0.1) is 0 Å². The Kier molecular flexibility index (Phi) is 5.22. The van der Waals surface area contributed by atoms with Crippen LogP contribution in [0.2, 0.25) is 0 Å². The van der Waals surface area contributed by atoms with Crippen molar-refractivity contribution in [2.45, 2.75) is 64.0 Å². The summed E-state index contributed by atoms with van der Waals surface area (Å²) in [5.41, 5.74) is 1.41. The number of aryl methyl sites for hydroxylation is 1. The number of nitrogens with zero attached hydrogens (tertiary/aromatic N) is 3. The van der Waals surface area contributed by atoms with Crippen molar-refractivity contribution < 1.29 is 14.1 Å². The highest BCUT2D eigenvalue weighted by Gasteiger charge is 2.40. The molecular formula is C22H26N4O3. The molecule has 1 aliphatic heterocycles. The van der Waals surface area contributed by atoms with Gasteiger partial charge in [0.25, 0.3) is 0 Å². The lowest BCUT2D eigenvalue weighted by Crippen LogP contribution is -2.49. The first-order valence-corrected chi connectivity index (χ1v) is 10.2. The van der Waals surface area contributed by atoms with Crippen LogP contribution in [0.3, 0.4) is 0 Å². The molecule has 0 radical (unpaired) electrons. The molecule has 2 aromatic rings. The van der Waals surface area contributed by atoms with Crippen LogP contribution < -0.4 is 5.32 Å². The minimum atomic E-state index is -0.599. The van der Waals surface area contributed by atoms with Crippen LogP contribution in [0.4, 0.5) is 0 Å². The van der Waals surface area contributed by atoms with E-state index in [1.807, 2.05) is 30.3 Å². The number of nitrogens with one attached hydrogen (secondary N) is 1. The van der Waals surface area contributed by atoms with Gasteiger partial charge in [-0.05, 0) is 30.0 Å². The van der Waals surface area contributed by atoms with Gasteiger partial charge in [0.1, 0.15) is 5.54 Å². The first-order chi connectivity index (χ1) is 14.0. The fourth-order valence-corrected chi connectivity index (χ4v) is 4.46. The molecule has 0 saturated heterocycles. The number of rotatable bonds is 4. The van der Waals surface area contributed by atoms with Gasteiger partial charge in [-0.3, -0.25) is 9.59 Å². The van der Waals surface area contributed by atoms with Crippen LogP contribution in [0.1, 0.15) is 74.3 Å². The Bertz CT molecular complexity index is 943. The molecule has 2 heterocycles. The molecule has 7 heteroatoms. The maximum atomic E-state index is 13.2. The van der Waals surface area contributed by atoms with Gasteiger partial charge in [0, 0.05) is 20.0 Å². The summed E-state index contributed by atoms with van der Waals surface area (Å²) in [6, 6.07) is 7.54. The summed E-state index contributed by atoms with van der Waals surface area (Å²) in [6.45, 7) is 3.28. The minimum Gasteiger partial charge on any atom is -0.343 e. The molecule has 0 bridgehead atoms. The first-order valence-electron chi connectivity index (χ1n) is 10.2. The summed E-state index contributed by atoms with van der Waals surface area (Å²) in [6.07, 6.45) is 8.57. The number of amides is 2. The van der Waals surface area contributed by atoms with E-state index in [4.69, 9.17) is 4.52 Å². The van der Waals surface area contributed by atoms with Gasteiger partial charge < -0.3 is 14.7 Å². The molecule has 1 N–H and O–H groups in total. The molecule has 7 nitrogen and oxygen atoms in total. The average molecular weight is 394 g/mol. The normalized spacial score (nSPS) is 20.2. The molecule has 0 unspecified atom stereocenters. The zero-order valence-corrected chi connectivity index (χ0v) is 16.9. The molecular weight excluding hydrogens is 368 g/mol. The number of hydrogen-bond acceptors (Lipinski definition) is 5. The molecule has 4 rings (SSSR count). The van der Waals surface area contributed by atoms with E-state index in [2.05, 4.69) is 15.5 Å². The van der Waals surface area contributed by atoms with E-state index in [0.717, 1.165) is 43.2 Å². The second kappa shape index (κ2) is 7.81. The van der Waals surface area contributed by atoms with E-state index in [9.17, 15) is 9.59 Å². The third-order valence-electron chi connectivity index (χ3n) is 5.89. The van der Waals surface area contributed by atoms with Gasteiger partial charge in [0.15, 0.2) is 5.82 Å². The predicted molar refractivity (Wildman–Crippen MR) is 107 cm³/mol. The molecule has 0 spiro atoms. The van der Waals surface area contributed by atoms with Crippen molar-refractivity contribution in [2.24, 2.45) is 0 Å². The Hall–Kier alpha value is -2.96. The Morgan fingerprint density at radius 1 is 1.24 bits per heavy atom. The fraction of sp³-hybridized carbons (Fsp3) is 0.455. The topological polar surface area (TPSA) is 88.3 Å². The Morgan fingerprint density at radius 3 is 2.69 bits per heavy atom. The van der Waals surface area contributed by atoms with Crippen molar-refractivity contribution in [3.8, 4) is 0 Å². The van der Waals surface area contributed by atoms with Gasteiger partial charge >= 0.3 is 0 Å². The maximum Gasteiger partial charge on any atom is 0.223 e. The summed E-state index contributed by atoms with van der Waals surface area (Å²) in [5, 5.41) is 7.33. The Labute approximate surface area is 170 Å². The lowest BCUT2D eigenvalue weighted by atomic mass is 9.80. The minimum absolute atomic E-state index is 0.0882. The van der Waals surface area contributed by atoms with Gasteiger partial charge in [-0.1, -0.05) is 48.7 Å². The number of carbonyl (C=O) groups is 2. The van der Waals surface area contributed by atoms with Gasteiger partial charge in [-0.25, -0.2) is 0 Å². The largest absolute Gasteiger partial charge is 0.343 e. The molecule has 1 aromatic carbocycles. The standard InChI is InChI=1S/C22H26N4O3/c1-15-23-21(25-29-15)22(11-6-3-7-12-22)24-20(28)14-19-18-9-5-4-8-17(18)10-13-26(19)16(2)27/h4-5,8-10,13,19H,3,6-7,11-12,14H2,1-2H3,(H,24,28)/t19-/m1/s1. The zero-order valence-electron chi connectivity index (χ0n) is 16.9. The van der Waals surface area contributed by atoms with Gasteiger partial charge in [-0.2, -0.15) is 4.98 Å². The van der Waals surface area contributed by atoms with Crippen molar-refractivity contribution in [3.63, 3.8) is 0 Å². The van der Waals surface area contributed by atoms with E-state index in [1.54, 1.807) is 18.0 Å². The number of benzene rings is 1. The van der Waals surface area contributed by atoms with E-state index in [-0.39, 0.29) is 24.3 Å². The second-order valence-electron chi connectivity index (χ2n) is 7.92. The third-order valence-corrected chi connectivity index (χ3v) is 5.89. The second-order valence-corrected chi connectivity index (χ2v) is 7.92. The highest BCUT2D eigenvalue weighted by Crippen LogP contribution is 2.37. The van der Waals surface area contributed by atoms with Crippen molar-refractivity contribution >= 4 is 17.9 Å². The van der Waals surface area contributed by atoms with Crippen molar-refractivity contribution in [1.82, 2.24) is 20.4 Å². The molecule has 1 aliphatic carbocycles. The summed E-state index contributed by atoms with van der Waals surface area (Å²) >= 11 is 0. The number of aromatic nitrogens is 2. The Morgan fingerprint density at radius 2 is 2.00 bits per heavy atom. The number of fused-ring (bicyclic) bond motifs is 1. The molecule has 1 fully saturated rings. The highest BCUT2D eigenvalue weighted by atomic mass is 16.5. The zero-order chi connectivity index (χ0) is 20.4. The molecule has 1 saturated carbocycles. The van der Waals surface area contributed by atoms with Crippen molar-refractivity contribution in [1.29, 1.82) is 0 Å². The van der Waals surface area contributed by atoms with E-state index < -0.39 is 5.54 Å². The molecule has 1 atom stereocenters. The van der Waals surface area contributed by atoms with E-state index >= 15 is 0 Å². The third kappa shape index (κ3) is 3.81. The van der Waals surface area contributed by atoms with Gasteiger partial charge in [0.05, 0.1) is 12.5 Å².